The Bertz CT molecular complexity index is 820. The number of aromatic nitrogens is 2. The second-order valence-electron chi connectivity index (χ2n) is 8.31. The van der Waals surface area contributed by atoms with Crippen LogP contribution in [0.2, 0.25) is 0 Å². The zero-order valence-corrected chi connectivity index (χ0v) is 18.3. The first-order chi connectivity index (χ1) is 14.1. The van der Waals surface area contributed by atoms with Gasteiger partial charge >= 0.3 is 0 Å². The molecule has 1 unspecified atom stereocenters. The van der Waals surface area contributed by atoms with Gasteiger partial charge in [0.15, 0.2) is 5.69 Å². The van der Waals surface area contributed by atoms with E-state index in [4.69, 9.17) is 0 Å². The predicted octanol–water partition coefficient (Wildman–Crippen LogP) is 1.99. The number of aliphatic hydroxyl groups excluding tert-OH is 1. The fourth-order valence-electron chi connectivity index (χ4n) is 4.43. The average molecular weight is 434 g/mol. The van der Waals surface area contributed by atoms with Crippen molar-refractivity contribution in [2.75, 3.05) is 39.8 Å². The lowest BCUT2D eigenvalue weighted by molar-refractivity contribution is 0.0676. The number of hydrogen-bond donors (Lipinski definition) is 3. The van der Waals surface area contributed by atoms with Crippen LogP contribution in [0.4, 0.5) is 0 Å². The van der Waals surface area contributed by atoms with Gasteiger partial charge in [-0.1, -0.05) is 30.3 Å². The van der Waals surface area contributed by atoms with E-state index in [1.54, 1.807) is 0 Å². The molecule has 2 aromatic rings. The van der Waals surface area contributed by atoms with Crippen LogP contribution in [0, 0.1) is 5.92 Å². The molecule has 3 heterocycles. The Morgan fingerprint density at radius 2 is 2.03 bits per heavy atom. The lowest BCUT2D eigenvalue weighted by Gasteiger charge is -2.34. The number of carbonyl (C=O) groups excluding carboxylic acids is 1. The van der Waals surface area contributed by atoms with Crippen LogP contribution >= 0.6 is 12.4 Å². The molecule has 0 bridgehead atoms. The average Bonchev–Trinajstić information content (AvgIpc) is 3.19. The van der Waals surface area contributed by atoms with Gasteiger partial charge in [-0.3, -0.25) is 9.89 Å². The normalized spacial score (nSPS) is 18.3. The van der Waals surface area contributed by atoms with Crippen molar-refractivity contribution in [1.29, 1.82) is 0 Å². The second kappa shape index (κ2) is 10.4. The lowest BCUT2D eigenvalue weighted by Crippen LogP contribution is -2.41. The van der Waals surface area contributed by atoms with E-state index in [1.165, 1.54) is 0 Å². The van der Waals surface area contributed by atoms with Gasteiger partial charge < -0.3 is 20.2 Å². The summed E-state index contributed by atoms with van der Waals surface area (Å²) in [5.74, 6) is 0.495. The van der Waals surface area contributed by atoms with E-state index in [2.05, 4.69) is 20.4 Å². The molecule has 8 heteroatoms. The molecule has 1 amide bonds. The number of hydrogen-bond acceptors (Lipinski definition) is 5. The third kappa shape index (κ3) is 5.21. The summed E-state index contributed by atoms with van der Waals surface area (Å²) in [6, 6.07) is 9.84. The smallest absolute Gasteiger partial charge is 0.274 e. The van der Waals surface area contributed by atoms with Crippen molar-refractivity contribution in [3.63, 3.8) is 0 Å². The number of rotatable bonds is 6. The molecule has 1 saturated heterocycles. The number of amides is 1. The number of piperidine rings is 1. The number of fused-ring (bicyclic) bond motifs is 1. The largest absolute Gasteiger partial charge is 0.387 e. The summed E-state index contributed by atoms with van der Waals surface area (Å²) in [6.07, 6.45) is 2.53. The van der Waals surface area contributed by atoms with Gasteiger partial charge in [0, 0.05) is 50.9 Å². The summed E-state index contributed by atoms with van der Waals surface area (Å²) < 4.78 is 0. The van der Waals surface area contributed by atoms with E-state index < -0.39 is 6.10 Å². The Morgan fingerprint density at radius 1 is 1.30 bits per heavy atom. The maximum absolute atomic E-state index is 12.9. The Kier molecular flexibility index (Phi) is 7.88. The first kappa shape index (κ1) is 22.7. The number of likely N-dealkylation sites (tertiary alicyclic amines) is 1. The molecule has 2 aliphatic heterocycles. The van der Waals surface area contributed by atoms with Crippen LogP contribution in [0.5, 0.6) is 0 Å². The van der Waals surface area contributed by atoms with E-state index >= 15 is 0 Å². The number of aromatic amines is 1. The maximum Gasteiger partial charge on any atom is 0.274 e. The molecule has 0 radical (unpaired) electrons. The van der Waals surface area contributed by atoms with Crippen LogP contribution in [0.1, 0.15) is 46.3 Å². The van der Waals surface area contributed by atoms with E-state index in [9.17, 15) is 9.90 Å². The van der Waals surface area contributed by atoms with Gasteiger partial charge in [0.25, 0.3) is 5.91 Å². The standard InChI is InChI=1S/C22H31N5O2.ClH/c1-26(22(29)21-18-13-23-10-7-19(18)24-25-21)14-16-8-11-27(12-9-16)15-20(28)17-5-3-2-4-6-17;/h2-6,16,20,23,28H,7-15H2,1H3,(H,24,25);1H. The minimum absolute atomic E-state index is 0. The number of nitrogens with one attached hydrogen (secondary N) is 2. The second-order valence-corrected chi connectivity index (χ2v) is 8.31. The molecule has 30 heavy (non-hydrogen) atoms. The van der Waals surface area contributed by atoms with Crippen LogP contribution in [0.15, 0.2) is 30.3 Å². The summed E-state index contributed by atoms with van der Waals surface area (Å²) in [4.78, 5) is 17.0. The molecule has 1 aromatic heterocycles. The van der Waals surface area contributed by atoms with Crippen molar-refractivity contribution in [1.82, 2.24) is 25.3 Å². The molecule has 1 atom stereocenters. The number of nitrogens with zero attached hydrogens (tertiary/aromatic N) is 3. The number of aliphatic hydroxyl groups is 1. The van der Waals surface area contributed by atoms with Crippen LogP contribution in [0.25, 0.3) is 0 Å². The van der Waals surface area contributed by atoms with Crippen molar-refractivity contribution in [3.8, 4) is 0 Å². The summed E-state index contributed by atoms with van der Waals surface area (Å²) in [5, 5.41) is 21.1. The van der Waals surface area contributed by atoms with Gasteiger partial charge in [-0.05, 0) is 37.4 Å². The fourth-order valence-corrected chi connectivity index (χ4v) is 4.43. The summed E-state index contributed by atoms with van der Waals surface area (Å²) >= 11 is 0. The molecule has 1 fully saturated rings. The molecule has 3 N–H and O–H groups in total. The van der Waals surface area contributed by atoms with Crippen molar-refractivity contribution < 1.29 is 9.90 Å². The summed E-state index contributed by atoms with van der Waals surface area (Å²) in [6.45, 7) is 4.97. The first-order valence-corrected chi connectivity index (χ1v) is 10.6. The maximum atomic E-state index is 12.9. The highest BCUT2D eigenvalue weighted by molar-refractivity contribution is 5.93. The number of H-pyrrole nitrogens is 1. The lowest BCUT2D eigenvalue weighted by atomic mass is 9.95. The van der Waals surface area contributed by atoms with Crippen molar-refractivity contribution in [2.24, 2.45) is 5.92 Å². The highest BCUT2D eigenvalue weighted by Crippen LogP contribution is 2.23. The zero-order valence-electron chi connectivity index (χ0n) is 17.5. The number of benzene rings is 1. The van der Waals surface area contributed by atoms with Crippen LogP contribution in [-0.2, 0) is 13.0 Å². The zero-order chi connectivity index (χ0) is 20.2. The molecule has 0 saturated carbocycles. The first-order valence-electron chi connectivity index (χ1n) is 10.6. The number of carbonyl (C=O) groups is 1. The van der Waals surface area contributed by atoms with Crippen LogP contribution in [-0.4, -0.2) is 70.8 Å². The van der Waals surface area contributed by atoms with E-state index in [-0.39, 0.29) is 18.3 Å². The van der Waals surface area contributed by atoms with E-state index in [0.717, 1.165) is 62.3 Å². The molecule has 2 aliphatic rings. The van der Waals surface area contributed by atoms with Gasteiger partial charge in [-0.15, -0.1) is 12.4 Å². The quantitative estimate of drug-likeness (QED) is 0.648. The van der Waals surface area contributed by atoms with Gasteiger partial charge in [-0.2, -0.15) is 5.10 Å². The Labute approximate surface area is 184 Å². The third-order valence-electron chi connectivity index (χ3n) is 6.21. The highest BCUT2D eigenvalue weighted by Gasteiger charge is 2.27. The minimum Gasteiger partial charge on any atom is -0.387 e. The monoisotopic (exact) mass is 433 g/mol. The molecule has 164 valence electrons. The summed E-state index contributed by atoms with van der Waals surface area (Å²) in [7, 11) is 1.88. The van der Waals surface area contributed by atoms with Crippen molar-refractivity contribution in [3.05, 3.63) is 52.8 Å². The number of β-amino-alcohol motifs (C(OH)–C–C–N with tert-alkyl or cyclic N) is 1. The Hall–Kier alpha value is -1.93. The molecule has 1 aromatic carbocycles. The molecule has 0 spiro atoms. The van der Waals surface area contributed by atoms with Crippen LogP contribution < -0.4 is 5.32 Å². The van der Waals surface area contributed by atoms with Crippen molar-refractivity contribution >= 4 is 18.3 Å². The van der Waals surface area contributed by atoms with Gasteiger partial charge in [0.1, 0.15) is 0 Å². The highest BCUT2D eigenvalue weighted by atomic mass is 35.5. The predicted molar refractivity (Wildman–Crippen MR) is 119 cm³/mol. The molecular formula is C22H32ClN5O2. The summed E-state index contributed by atoms with van der Waals surface area (Å²) in [5.41, 5.74) is 3.65. The molecule has 7 nitrogen and oxygen atoms in total. The fraction of sp³-hybridized carbons (Fsp3) is 0.545. The van der Waals surface area contributed by atoms with Gasteiger partial charge in [0.2, 0.25) is 0 Å². The molecular weight excluding hydrogens is 402 g/mol. The van der Waals surface area contributed by atoms with Gasteiger partial charge in [-0.25, -0.2) is 0 Å². The van der Waals surface area contributed by atoms with Gasteiger partial charge in [0.05, 0.1) is 6.10 Å². The number of halogens is 1. The van der Waals surface area contributed by atoms with E-state index in [0.29, 0.717) is 24.7 Å². The minimum atomic E-state index is -0.448. The topological polar surface area (TPSA) is 84.5 Å². The molecule has 4 rings (SSSR count). The Morgan fingerprint density at radius 3 is 2.77 bits per heavy atom. The Balaban J connectivity index is 0.00000256. The van der Waals surface area contributed by atoms with E-state index in [1.807, 2.05) is 42.3 Å². The van der Waals surface area contributed by atoms with Crippen LogP contribution in [0.3, 0.4) is 0 Å². The van der Waals surface area contributed by atoms with Crippen molar-refractivity contribution in [2.45, 2.75) is 31.9 Å². The molecule has 0 aliphatic carbocycles. The third-order valence-corrected chi connectivity index (χ3v) is 6.21. The SMILES string of the molecule is CN(CC1CCN(CC(O)c2ccccc2)CC1)C(=O)c1n[nH]c2c1CNCC2.Cl.